The van der Waals surface area contributed by atoms with Crippen molar-refractivity contribution in [2.45, 2.75) is 18.9 Å². The summed E-state index contributed by atoms with van der Waals surface area (Å²) < 4.78 is 13.2. The summed E-state index contributed by atoms with van der Waals surface area (Å²) in [6, 6.07) is 4.78. The highest BCUT2D eigenvalue weighted by molar-refractivity contribution is 5.68. The van der Waals surface area contributed by atoms with Crippen LogP contribution in [0.1, 0.15) is 12.8 Å². The smallest absolute Gasteiger partial charge is 0.148 e. The second kappa shape index (κ2) is 4.06. The van der Waals surface area contributed by atoms with Crippen LogP contribution < -0.4 is 10.6 Å². The summed E-state index contributed by atoms with van der Waals surface area (Å²) in [4.78, 5) is 1.94. The first-order valence-electron chi connectivity index (χ1n) is 5.15. The second-order valence-electron chi connectivity index (χ2n) is 3.91. The van der Waals surface area contributed by atoms with Gasteiger partial charge in [0.05, 0.1) is 17.5 Å². The normalized spacial score (nSPS) is 21.7. The molecule has 15 heavy (non-hydrogen) atoms. The maximum Gasteiger partial charge on any atom is 0.148 e. The molecule has 82 valence electrons. The molecule has 1 saturated heterocycles. The van der Waals surface area contributed by atoms with Gasteiger partial charge < -0.3 is 15.7 Å². The number of hydrogen-bond acceptors (Lipinski definition) is 3. The molecule has 1 fully saturated rings. The molecule has 3 N–H and O–H groups in total. The van der Waals surface area contributed by atoms with E-state index in [1.54, 1.807) is 12.1 Å². The fourth-order valence-electron chi connectivity index (χ4n) is 1.97. The first-order valence-corrected chi connectivity index (χ1v) is 5.15. The molecule has 1 aromatic rings. The Morgan fingerprint density at radius 2 is 2.27 bits per heavy atom. The first-order chi connectivity index (χ1) is 7.18. The van der Waals surface area contributed by atoms with Gasteiger partial charge in [-0.2, -0.15) is 0 Å². The van der Waals surface area contributed by atoms with Crippen LogP contribution in [0, 0.1) is 5.82 Å². The Bertz CT molecular complexity index is 356. The van der Waals surface area contributed by atoms with Crippen molar-refractivity contribution >= 4 is 11.4 Å². The predicted molar refractivity (Wildman–Crippen MR) is 58.3 cm³/mol. The number of nitrogen functional groups attached to an aromatic ring is 1. The van der Waals surface area contributed by atoms with Crippen molar-refractivity contribution in [1.82, 2.24) is 0 Å². The van der Waals surface area contributed by atoms with Crippen LogP contribution in [0.2, 0.25) is 0 Å². The molecule has 0 radical (unpaired) electrons. The Morgan fingerprint density at radius 3 is 3.00 bits per heavy atom. The van der Waals surface area contributed by atoms with Crippen molar-refractivity contribution in [2.75, 3.05) is 23.7 Å². The predicted octanol–water partition coefficient (Wildman–Crippen LogP) is 1.37. The summed E-state index contributed by atoms with van der Waals surface area (Å²) in [7, 11) is 0. The molecule has 0 saturated carbocycles. The van der Waals surface area contributed by atoms with Gasteiger partial charge in [-0.3, -0.25) is 0 Å². The van der Waals surface area contributed by atoms with Crippen molar-refractivity contribution in [3.63, 3.8) is 0 Å². The minimum Gasteiger partial charge on any atom is -0.395 e. The number of anilines is 2. The number of hydrogen-bond donors (Lipinski definition) is 2. The zero-order valence-corrected chi connectivity index (χ0v) is 8.49. The number of halogens is 1. The summed E-state index contributed by atoms with van der Waals surface area (Å²) >= 11 is 0. The molecule has 2 rings (SSSR count). The van der Waals surface area contributed by atoms with Crippen LogP contribution in [0.4, 0.5) is 15.8 Å². The van der Waals surface area contributed by atoms with Crippen LogP contribution in [0.15, 0.2) is 18.2 Å². The van der Waals surface area contributed by atoms with Gasteiger partial charge >= 0.3 is 0 Å². The summed E-state index contributed by atoms with van der Waals surface area (Å²) in [5.74, 6) is -0.396. The monoisotopic (exact) mass is 210 g/mol. The van der Waals surface area contributed by atoms with Gasteiger partial charge in [-0.05, 0) is 25.0 Å². The van der Waals surface area contributed by atoms with Crippen LogP contribution in [0.3, 0.4) is 0 Å². The number of benzene rings is 1. The van der Waals surface area contributed by atoms with Crippen molar-refractivity contribution in [1.29, 1.82) is 0 Å². The number of aliphatic hydroxyl groups is 1. The summed E-state index contributed by atoms with van der Waals surface area (Å²) in [6.45, 7) is 1.36. The third-order valence-electron chi connectivity index (χ3n) is 2.77. The van der Waals surface area contributed by atoms with Gasteiger partial charge in [0.15, 0.2) is 0 Å². The van der Waals surface area contributed by atoms with Crippen LogP contribution >= 0.6 is 0 Å². The quantitative estimate of drug-likeness (QED) is 0.688. The van der Waals surface area contributed by atoms with Crippen LogP contribution in [0.5, 0.6) is 0 Å². The number of rotatable bonds is 1. The van der Waals surface area contributed by atoms with E-state index in [0.717, 1.165) is 19.4 Å². The molecular weight excluding hydrogens is 195 g/mol. The van der Waals surface area contributed by atoms with E-state index >= 15 is 0 Å². The van der Waals surface area contributed by atoms with Gasteiger partial charge in [0.2, 0.25) is 0 Å². The van der Waals surface area contributed by atoms with Gasteiger partial charge in [0.25, 0.3) is 0 Å². The van der Waals surface area contributed by atoms with Gasteiger partial charge in [0.1, 0.15) is 5.82 Å². The van der Waals surface area contributed by atoms with Crippen molar-refractivity contribution in [3.8, 4) is 0 Å². The molecule has 0 amide bonds. The number of β-amino-alcohol motifs (C(OH)–C–C–N with tert-alkyl or cyclic N) is 1. The molecule has 0 bridgehead atoms. The maximum absolute atomic E-state index is 13.2. The molecule has 1 aliphatic heterocycles. The lowest BCUT2D eigenvalue weighted by Gasteiger charge is -2.32. The Kier molecular flexibility index (Phi) is 2.77. The van der Waals surface area contributed by atoms with Gasteiger partial charge in [-0.25, -0.2) is 4.39 Å². The molecule has 1 unspecified atom stereocenters. The molecule has 0 spiro atoms. The minimum atomic E-state index is -0.396. The molecule has 0 aliphatic carbocycles. The largest absolute Gasteiger partial charge is 0.395 e. The first kappa shape index (κ1) is 10.2. The maximum atomic E-state index is 13.2. The number of piperidine rings is 1. The van der Waals surface area contributed by atoms with E-state index in [4.69, 9.17) is 5.73 Å². The highest BCUT2D eigenvalue weighted by Crippen LogP contribution is 2.27. The summed E-state index contributed by atoms with van der Waals surface area (Å²) in [5, 5.41) is 9.52. The van der Waals surface area contributed by atoms with Crippen molar-refractivity contribution < 1.29 is 9.50 Å². The topological polar surface area (TPSA) is 49.5 Å². The number of para-hydroxylation sites is 1. The minimum absolute atomic E-state index is 0.173. The van der Waals surface area contributed by atoms with E-state index in [1.165, 1.54) is 6.07 Å². The van der Waals surface area contributed by atoms with E-state index in [0.29, 0.717) is 12.2 Å². The van der Waals surface area contributed by atoms with E-state index in [9.17, 15) is 9.50 Å². The van der Waals surface area contributed by atoms with Gasteiger partial charge in [0, 0.05) is 13.1 Å². The Morgan fingerprint density at radius 1 is 1.47 bits per heavy atom. The fourth-order valence-corrected chi connectivity index (χ4v) is 1.97. The van der Waals surface area contributed by atoms with Crippen molar-refractivity contribution in [3.05, 3.63) is 24.0 Å². The van der Waals surface area contributed by atoms with E-state index < -0.39 is 5.82 Å². The Hall–Kier alpha value is -1.29. The summed E-state index contributed by atoms with van der Waals surface area (Å²) in [5.41, 5.74) is 6.52. The van der Waals surface area contributed by atoms with E-state index in [2.05, 4.69) is 0 Å². The second-order valence-corrected chi connectivity index (χ2v) is 3.91. The lowest BCUT2D eigenvalue weighted by molar-refractivity contribution is 0.154. The molecule has 4 heteroatoms. The Balaban J connectivity index is 2.24. The lowest BCUT2D eigenvalue weighted by atomic mass is 10.1. The SMILES string of the molecule is Nc1c(F)cccc1N1CCCC(O)C1. The third-order valence-corrected chi connectivity index (χ3v) is 2.77. The molecule has 1 aromatic carbocycles. The fraction of sp³-hybridized carbons (Fsp3) is 0.455. The van der Waals surface area contributed by atoms with Crippen LogP contribution in [-0.2, 0) is 0 Å². The molecule has 0 aromatic heterocycles. The lowest BCUT2D eigenvalue weighted by Crippen LogP contribution is -2.38. The van der Waals surface area contributed by atoms with E-state index in [1.807, 2.05) is 4.90 Å². The zero-order chi connectivity index (χ0) is 10.8. The molecule has 1 atom stereocenters. The third kappa shape index (κ3) is 2.04. The van der Waals surface area contributed by atoms with E-state index in [-0.39, 0.29) is 11.8 Å². The average Bonchev–Trinajstić information content (AvgIpc) is 2.22. The molecule has 3 nitrogen and oxygen atoms in total. The average molecular weight is 210 g/mol. The standard InChI is InChI=1S/C11H15FN2O/c12-9-4-1-5-10(11(9)13)14-6-2-3-8(15)7-14/h1,4-5,8,15H,2-3,6-7,13H2. The molecule has 1 aliphatic rings. The van der Waals surface area contributed by atoms with Gasteiger partial charge in [-0.1, -0.05) is 6.07 Å². The number of aliphatic hydroxyl groups excluding tert-OH is 1. The Labute approximate surface area is 88.3 Å². The van der Waals surface area contributed by atoms with Gasteiger partial charge in [-0.15, -0.1) is 0 Å². The number of nitrogens with two attached hydrogens (primary N) is 1. The molecule has 1 heterocycles. The zero-order valence-electron chi connectivity index (χ0n) is 8.49. The highest BCUT2D eigenvalue weighted by Gasteiger charge is 2.20. The van der Waals surface area contributed by atoms with Crippen molar-refractivity contribution in [2.24, 2.45) is 0 Å². The highest BCUT2D eigenvalue weighted by atomic mass is 19.1. The van der Waals surface area contributed by atoms with Crippen LogP contribution in [0.25, 0.3) is 0 Å². The molecular formula is C11H15FN2O. The number of nitrogens with zero attached hydrogens (tertiary/aromatic N) is 1. The van der Waals surface area contributed by atoms with Crippen LogP contribution in [-0.4, -0.2) is 24.3 Å². The summed E-state index contributed by atoms with van der Waals surface area (Å²) in [6.07, 6.45) is 1.39.